The summed E-state index contributed by atoms with van der Waals surface area (Å²) in [4.78, 5) is 11.6. The van der Waals surface area contributed by atoms with Gasteiger partial charge in [-0.2, -0.15) is 5.26 Å². The van der Waals surface area contributed by atoms with Gasteiger partial charge in [0.05, 0.1) is 14.2 Å². The van der Waals surface area contributed by atoms with Gasteiger partial charge in [-0.25, -0.2) is 4.79 Å². The second-order valence-corrected chi connectivity index (χ2v) is 5.02. The molecule has 0 aliphatic heterocycles. The minimum absolute atomic E-state index is 0.0255. The molecule has 5 nitrogen and oxygen atoms in total. The van der Waals surface area contributed by atoms with Crippen LogP contribution in [0.15, 0.2) is 35.9 Å². The molecular formula is C18H18N2O3. The van der Waals surface area contributed by atoms with Gasteiger partial charge in [-0.1, -0.05) is 0 Å². The van der Waals surface area contributed by atoms with E-state index in [9.17, 15) is 4.79 Å². The van der Waals surface area contributed by atoms with Gasteiger partial charge in [-0.15, -0.1) is 0 Å². The Hall–Kier alpha value is -3.00. The number of aromatic nitrogens is 1. The molecule has 23 heavy (non-hydrogen) atoms. The molecule has 0 bridgehead atoms. The summed E-state index contributed by atoms with van der Waals surface area (Å²) >= 11 is 0. The number of carbonyl (C=O) groups excluding carboxylic acids is 1. The Balaban J connectivity index is 2.49. The summed E-state index contributed by atoms with van der Waals surface area (Å²) in [5.74, 6) is 0.149. The third-order valence-electron chi connectivity index (χ3n) is 3.63. The van der Waals surface area contributed by atoms with Gasteiger partial charge in [0.25, 0.3) is 0 Å². The number of carbonyl (C=O) groups is 1. The zero-order valence-electron chi connectivity index (χ0n) is 13.6. The number of nitrogens with zero attached hydrogens (tertiary/aromatic N) is 2. The van der Waals surface area contributed by atoms with Gasteiger partial charge in [-0.3, -0.25) is 0 Å². The topological polar surface area (TPSA) is 64.2 Å². The van der Waals surface area contributed by atoms with Crippen LogP contribution in [0, 0.1) is 25.2 Å². The third kappa shape index (κ3) is 3.27. The Labute approximate surface area is 135 Å². The minimum atomic E-state index is -0.637. The molecule has 0 fully saturated rings. The molecule has 2 aromatic rings. The molecule has 118 valence electrons. The fourth-order valence-electron chi connectivity index (χ4n) is 2.46. The smallest absolute Gasteiger partial charge is 0.348 e. The maximum atomic E-state index is 11.6. The fraction of sp³-hybridized carbons (Fsp3) is 0.222. The molecule has 0 aliphatic rings. The van der Waals surface area contributed by atoms with Gasteiger partial charge in [0.15, 0.2) is 0 Å². The van der Waals surface area contributed by atoms with E-state index in [1.54, 1.807) is 13.2 Å². The predicted octanol–water partition coefficient (Wildman–Crippen LogP) is 3.18. The number of aryl methyl sites for hydroxylation is 1. The lowest BCUT2D eigenvalue weighted by atomic mass is 10.1. The van der Waals surface area contributed by atoms with E-state index in [4.69, 9.17) is 10.00 Å². The number of rotatable bonds is 4. The first kappa shape index (κ1) is 16.4. The predicted molar refractivity (Wildman–Crippen MR) is 87.4 cm³/mol. The Morgan fingerprint density at radius 1 is 1.22 bits per heavy atom. The lowest BCUT2D eigenvalue weighted by Gasteiger charge is -2.10. The van der Waals surface area contributed by atoms with Crippen molar-refractivity contribution in [1.29, 1.82) is 5.26 Å². The summed E-state index contributed by atoms with van der Waals surface area (Å²) in [6.45, 7) is 3.91. The number of benzene rings is 1. The molecule has 0 aliphatic carbocycles. The largest absolute Gasteiger partial charge is 0.497 e. The molecule has 1 heterocycles. The van der Waals surface area contributed by atoms with Gasteiger partial charge in [0.1, 0.15) is 17.4 Å². The number of ether oxygens (including phenoxy) is 2. The highest BCUT2D eigenvalue weighted by Crippen LogP contribution is 2.24. The average Bonchev–Trinajstić information content (AvgIpc) is 2.85. The van der Waals surface area contributed by atoms with Gasteiger partial charge in [-0.05, 0) is 55.8 Å². The number of hydrogen-bond donors (Lipinski definition) is 0. The lowest BCUT2D eigenvalue weighted by molar-refractivity contribution is -0.135. The van der Waals surface area contributed by atoms with Crippen LogP contribution in [0.5, 0.6) is 5.75 Å². The summed E-state index contributed by atoms with van der Waals surface area (Å²) in [6, 6.07) is 11.5. The average molecular weight is 310 g/mol. The highest BCUT2D eigenvalue weighted by atomic mass is 16.5. The first-order valence-corrected chi connectivity index (χ1v) is 7.05. The molecular weight excluding hydrogens is 292 g/mol. The molecule has 0 N–H and O–H groups in total. The standard InChI is InChI=1S/C18H18N2O3/c1-12-9-14(10-15(11-19)18(21)23-4)13(2)20(12)16-5-7-17(22-3)8-6-16/h5-10H,1-4H3. The highest BCUT2D eigenvalue weighted by molar-refractivity contribution is 5.98. The molecule has 0 unspecified atom stereocenters. The van der Waals surface area contributed by atoms with Crippen LogP contribution in [0.3, 0.4) is 0 Å². The molecule has 0 saturated carbocycles. The van der Waals surface area contributed by atoms with E-state index in [0.29, 0.717) is 0 Å². The molecule has 0 radical (unpaired) electrons. The van der Waals surface area contributed by atoms with Crippen molar-refractivity contribution in [3.63, 3.8) is 0 Å². The molecule has 2 rings (SSSR count). The van der Waals surface area contributed by atoms with Crippen molar-refractivity contribution in [3.05, 3.63) is 52.9 Å². The molecule has 0 spiro atoms. The molecule has 5 heteroatoms. The molecule has 0 saturated heterocycles. The molecule has 0 amide bonds. The van der Waals surface area contributed by atoms with Crippen molar-refractivity contribution in [1.82, 2.24) is 4.57 Å². The highest BCUT2D eigenvalue weighted by Gasteiger charge is 2.13. The van der Waals surface area contributed by atoms with Crippen LogP contribution in [0.25, 0.3) is 11.8 Å². The van der Waals surface area contributed by atoms with Crippen molar-refractivity contribution in [2.75, 3.05) is 14.2 Å². The van der Waals surface area contributed by atoms with E-state index in [-0.39, 0.29) is 5.57 Å². The SMILES string of the molecule is COC(=O)C(C#N)=Cc1cc(C)n(-c2ccc(OC)cc2)c1C. The molecule has 1 aromatic heterocycles. The van der Waals surface area contributed by atoms with Crippen molar-refractivity contribution in [2.24, 2.45) is 0 Å². The van der Waals surface area contributed by atoms with Crippen LogP contribution in [-0.4, -0.2) is 24.8 Å². The zero-order valence-corrected chi connectivity index (χ0v) is 13.6. The second kappa shape index (κ2) is 6.84. The Bertz CT molecular complexity index is 793. The van der Waals surface area contributed by atoms with E-state index in [1.807, 2.05) is 50.2 Å². The minimum Gasteiger partial charge on any atom is -0.497 e. The summed E-state index contributed by atoms with van der Waals surface area (Å²) in [5.41, 5.74) is 3.70. The van der Waals surface area contributed by atoms with Crippen LogP contribution >= 0.6 is 0 Å². The van der Waals surface area contributed by atoms with E-state index in [0.717, 1.165) is 28.4 Å². The fourth-order valence-corrected chi connectivity index (χ4v) is 2.46. The van der Waals surface area contributed by atoms with Crippen molar-refractivity contribution in [2.45, 2.75) is 13.8 Å². The Kier molecular flexibility index (Phi) is 4.87. The van der Waals surface area contributed by atoms with Crippen molar-refractivity contribution >= 4 is 12.0 Å². The Morgan fingerprint density at radius 3 is 2.39 bits per heavy atom. The molecule has 1 aromatic carbocycles. The number of methoxy groups -OCH3 is 2. The normalized spacial score (nSPS) is 11.0. The number of nitriles is 1. The summed E-state index contributed by atoms with van der Waals surface area (Å²) in [5, 5.41) is 9.09. The monoisotopic (exact) mass is 310 g/mol. The lowest BCUT2D eigenvalue weighted by Crippen LogP contribution is -2.03. The van der Waals surface area contributed by atoms with E-state index < -0.39 is 5.97 Å². The summed E-state index contributed by atoms with van der Waals surface area (Å²) < 4.78 is 11.8. The zero-order chi connectivity index (χ0) is 17.0. The van der Waals surface area contributed by atoms with Gasteiger partial charge >= 0.3 is 5.97 Å². The van der Waals surface area contributed by atoms with E-state index in [1.165, 1.54) is 7.11 Å². The van der Waals surface area contributed by atoms with Gasteiger partial charge < -0.3 is 14.0 Å². The number of hydrogen-bond acceptors (Lipinski definition) is 4. The van der Waals surface area contributed by atoms with Crippen LogP contribution in [0.4, 0.5) is 0 Å². The maximum Gasteiger partial charge on any atom is 0.348 e. The Morgan fingerprint density at radius 2 is 1.87 bits per heavy atom. The maximum absolute atomic E-state index is 11.6. The summed E-state index contributed by atoms with van der Waals surface area (Å²) in [7, 11) is 2.88. The van der Waals surface area contributed by atoms with Crippen molar-refractivity contribution < 1.29 is 14.3 Å². The second-order valence-electron chi connectivity index (χ2n) is 5.02. The van der Waals surface area contributed by atoms with Gasteiger partial charge in [0, 0.05) is 17.1 Å². The van der Waals surface area contributed by atoms with Crippen LogP contribution < -0.4 is 4.74 Å². The van der Waals surface area contributed by atoms with Crippen LogP contribution in [0.1, 0.15) is 17.0 Å². The first-order chi connectivity index (χ1) is 11.0. The number of esters is 1. The van der Waals surface area contributed by atoms with Crippen LogP contribution in [-0.2, 0) is 9.53 Å². The quantitative estimate of drug-likeness (QED) is 0.494. The van der Waals surface area contributed by atoms with Crippen LogP contribution in [0.2, 0.25) is 0 Å². The van der Waals surface area contributed by atoms with Gasteiger partial charge in [0.2, 0.25) is 0 Å². The van der Waals surface area contributed by atoms with E-state index >= 15 is 0 Å². The third-order valence-corrected chi connectivity index (χ3v) is 3.63. The van der Waals surface area contributed by atoms with E-state index in [2.05, 4.69) is 9.30 Å². The first-order valence-electron chi connectivity index (χ1n) is 7.05. The molecule has 0 atom stereocenters. The summed E-state index contributed by atoms with van der Waals surface area (Å²) in [6.07, 6.45) is 1.55. The van der Waals surface area contributed by atoms with Crippen molar-refractivity contribution in [3.8, 4) is 17.5 Å².